The van der Waals surface area contributed by atoms with Gasteiger partial charge in [0.25, 0.3) is 5.91 Å². The second-order valence-electron chi connectivity index (χ2n) is 10.8. The van der Waals surface area contributed by atoms with Crippen LogP contribution < -0.4 is 0 Å². The Labute approximate surface area is 209 Å². The van der Waals surface area contributed by atoms with Crippen LogP contribution in [-0.2, 0) is 0 Å². The molecule has 0 spiro atoms. The molecule has 4 unspecified atom stereocenters. The van der Waals surface area contributed by atoms with Crippen LogP contribution in [0.5, 0.6) is 5.75 Å². The van der Waals surface area contributed by atoms with Gasteiger partial charge in [-0.15, -0.1) is 6.58 Å². The molecule has 4 aliphatic rings. The van der Waals surface area contributed by atoms with E-state index in [-0.39, 0.29) is 11.9 Å². The lowest BCUT2D eigenvalue weighted by molar-refractivity contribution is -0.00329. The molecule has 1 N–H and O–H groups in total. The van der Waals surface area contributed by atoms with E-state index in [1.165, 1.54) is 37.7 Å². The number of carbonyl (C=O) groups excluding carboxylic acids is 1. The van der Waals surface area contributed by atoms with Crippen molar-refractivity contribution in [2.75, 3.05) is 19.6 Å². The standard InChI is InChI=1S/C30H37N3O2/c1-2-17-32-25-13-14-26(32)28-16-15-27(25)33(28)29(23-7-6-8-24(34)20-23)21-9-11-22(12-10-21)30(35)31-18-4-3-5-19-31/h2,6-12,20,25-29,34H,1,3-5,13-19H2/t25?,26?,27-,28?,29?/m1/s1. The first-order valence-corrected chi connectivity index (χ1v) is 13.5. The molecular weight excluding hydrogens is 434 g/mol. The minimum atomic E-state index is 0.0766. The number of carbonyl (C=O) groups is 1. The van der Waals surface area contributed by atoms with Gasteiger partial charge in [-0.3, -0.25) is 14.6 Å². The summed E-state index contributed by atoms with van der Waals surface area (Å²) in [5.74, 6) is 0.464. The average Bonchev–Trinajstić information content (AvgIpc) is 3.40. The van der Waals surface area contributed by atoms with Crippen molar-refractivity contribution in [3.8, 4) is 5.75 Å². The molecule has 5 nitrogen and oxygen atoms in total. The first kappa shape index (κ1) is 22.8. The molecule has 0 aromatic heterocycles. The van der Waals surface area contributed by atoms with Gasteiger partial charge in [-0.1, -0.05) is 30.3 Å². The molecule has 0 saturated carbocycles. The third-order valence-corrected chi connectivity index (χ3v) is 8.96. The highest BCUT2D eigenvalue weighted by molar-refractivity contribution is 5.94. The van der Waals surface area contributed by atoms with Gasteiger partial charge >= 0.3 is 0 Å². The van der Waals surface area contributed by atoms with Crippen LogP contribution in [0.4, 0.5) is 0 Å². The Morgan fingerprint density at radius 1 is 0.914 bits per heavy atom. The Hall–Kier alpha value is -2.63. The van der Waals surface area contributed by atoms with Crippen molar-refractivity contribution in [1.82, 2.24) is 14.7 Å². The highest BCUT2D eigenvalue weighted by Crippen LogP contribution is 2.50. The number of aromatic hydroxyl groups is 1. The van der Waals surface area contributed by atoms with Gasteiger partial charge in [0.2, 0.25) is 0 Å². The van der Waals surface area contributed by atoms with E-state index >= 15 is 0 Å². The predicted molar refractivity (Wildman–Crippen MR) is 139 cm³/mol. The molecule has 4 fully saturated rings. The van der Waals surface area contributed by atoms with E-state index in [1.54, 1.807) is 6.07 Å². The van der Waals surface area contributed by atoms with Crippen LogP contribution in [0, 0.1) is 0 Å². The molecule has 4 aliphatic heterocycles. The number of piperidine rings is 1. The predicted octanol–water partition coefficient (Wildman–Crippen LogP) is 4.97. The van der Waals surface area contributed by atoms with Gasteiger partial charge < -0.3 is 10.0 Å². The Morgan fingerprint density at radius 2 is 1.57 bits per heavy atom. The van der Waals surface area contributed by atoms with E-state index in [2.05, 4.69) is 40.7 Å². The molecule has 4 bridgehead atoms. The van der Waals surface area contributed by atoms with Gasteiger partial charge in [0.1, 0.15) is 5.75 Å². The monoisotopic (exact) mass is 471 g/mol. The highest BCUT2D eigenvalue weighted by Gasteiger charge is 2.56. The van der Waals surface area contributed by atoms with Crippen molar-refractivity contribution in [1.29, 1.82) is 0 Å². The fourth-order valence-corrected chi connectivity index (χ4v) is 7.54. The second kappa shape index (κ2) is 9.44. The van der Waals surface area contributed by atoms with Crippen LogP contribution in [0.15, 0.2) is 61.2 Å². The topological polar surface area (TPSA) is 47.0 Å². The number of nitrogens with zero attached hydrogens (tertiary/aromatic N) is 3. The lowest BCUT2D eigenvalue weighted by Crippen LogP contribution is -2.60. The first-order valence-electron chi connectivity index (χ1n) is 13.5. The molecule has 35 heavy (non-hydrogen) atoms. The van der Waals surface area contributed by atoms with Gasteiger partial charge in [-0.05, 0) is 80.3 Å². The van der Waals surface area contributed by atoms with Gasteiger partial charge in [0.15, 0.2) is 0 Å². The maximum absolute atomic E-state index is 13.1. The van der Waals surface area contributed by atoms with E-state index in [9.17, 15) is 9.90 Å². The number of phenolic OH excluding ortho intramolecular Hbond substituents is 1. The molecule has 5 atom stereocenters. The SMILES string of the molecule is C=CCN1C2CCC1[C@H]1CCC2N1C(c1ccc(C(=O)N2CCCCC2)cc1)c1cccc(O)c1. The number of benzene rings is 2. The van der Waals surface area contributed by atoms with E-state index in [1.807, 2.05) is 29.2 Å². The van der Waals surface area contributed by atoms with Crippen molar-refractivity contribution in [2.24, 2.45) is 0 Å². The lowest BCUT2D eigenvalue weighted by atomic mass is 9.91. The molecular formula is C30H37N3O2. The van der Waals surface area contributed by atoms with Crippen molar-refractivity contribution in [2.45, 2.75) is 75.2 Å². The van der Waals surface area contributed by atoms with Crippen LogP contribution in [0.2, 0.25) is 0 Å². The first-order chi connectivity index (χ1) is 17.2. The average molecular weight is 472 g/mol. The summed E-state index contributed by atoms with van der Waals surface area (Å²) >= 11 is 0. The molecule has 1 amide bonds. The molecule has 4 heterocycles. The fourth-order valence-electron chi connectivity index (χ4n) is 7.54. The summed E-state index contributed by atoms with van der Waals surface area (Å²) < 4.78 is 0. The van der Waals surface area contributed by atoms with Crippen molar-refractivity contribution >= 4 is 5.91 Å². The molecule has 0 radical (unpaired) electrons. The molecule has 0 aliphatic carbocycles. The zero-order valence-electron chi connectivity index (χ0n) is 20.6. The number of amides is 1. The zero-order chi connectivity index (χ0) is 23.9. The van der Waals surface area contributed by atoms with E-state index in [4.69, 9.17) is 0 Å². The van der Waals surface area contributed by atoms with E-state index in [0.717, 1.165) is 43.6 Å². The Balaban J connectivity index is 1.34. The lowest BCUT2D eigenvalue weighted by Gasteiger charge is -2.50. The number of likely N-dealkylation sites (tertiary alicyclic amines) is 1. The molecule has 4 saturated heterocycles. The fraction of sp³-hybridized carbons (Fsp3) is 0.500. The maximum Gasteiger partial charge on any atom is 0.253 e. The minimum Gasteiger partial charge on any atom is -0.508 e. The van der Waals surface area contributed by atoms with Crippen LogP contribution in [0.1, 0.15) is 72.5 Å². The van der Waals surface area contributed by atoms with Crippen molar-refractivity contribution in [3.63, 3.8) is 0 Å². The summed E-state index contributed by atoms with van der Waals surface area (Å²) in [4.78, 5) is 20.5. The van der Waals surface area contributed by atoms with Crippen LogP contribution >= 0.6 is 0 Å². The number of hydrogen-bond acceptors (Lipinski definition) is 4. The Kier molecular flexibility index (Phi) is 6.15. The number of hydrogen-bond donors (Lipinski definition) is 1. The third kappa shape index (κ3) is 3.99. The molecule has 184 valence electrons. The molecule has 2 aromatic carbocycles. The van der Waals surface area contributed by atoms with Crippen LogP contribution in [-0.4, -0.2) is 69.5 Å². The van der Waals surface area contributed by atoms with Crippen molar-refractivity contribution < 1.29 is 9.90 Å². The minimum absolute atomic E-state index is 0.0766. The number of fused-ring (bicyclic) bond motifs is 6. The summed E-state index contributed by atoms with van der Waals surface area (Å²) in [6.45, 7) is 6.73. The summed E-state index contributed by atoms with van der Waals surface area (Å²) in [7, 11) is 0. The Bertz CT molecular complexity index is 1060. The number of phenols is 1. The van der Waals surface area contributed by atoms with E-state index < -0.39 is 0 Å². The number of rotatable bonds is 6. The molecule has 5 heteroatoms. The molecule has 2 aromatic rings. The summed E-state index contributed by atoms with van der Waals surface area (Å²) in [5, 5.41) is 10.4. The summed E-state index contributed by atoms with van der Waals surface area (Å²) in [5.41, 5.74) is 3.12. The van der Waals surface area contributed by atoms with Crippen LogP contribution in [0.3, 0.4) is 0 Å². The largest absolute Gasteiger partial charge is 0.508 e. The van der Waals surface area contributed by atoms with E-state index in [0.29, 0.717) is 29.9 Å². The zero-order valence-corrected chi connectivity index (χ0v) is 20.6. The third-order valence-electron chi connectivity index (χ3n) is 8.96. The van der Waals surface area contributed by atoms with Gasteiger partial charge in [-0.25, -0.2) is 0 Å². The molecule has 6 rings (SSSR count). The highest BCUT2D eigenvalue weighted by atomic mass is 16.3. The van der Waals surface area contributed by atoms with Crippen molar-refractivity contribution in [3.05, 3.63) is 77.9 Å². The quantitative estimate of drug-likeness (QED) is 0.604. The van der Waals surface area contributed by atoms with Gasteiger partial charge in [0.05, 0.1) is 6.04 Å². The second-order valence-corrected chi connectivity index (χ2v) is 10.8. The Morgan fingerprint density at radius 3 is 2.20 bits per heavy atom. The number of piperazine rings is 1. The normalized spacial score (nSPS) is 29.3. The van der Waals surface area contributed by atoms with Crippen LogP contribution in [0.25, 0.3) is 0 Å². The van der Waals surface area contributed by atoms with Gasteiger partial charge in [-0.2, -0.15) is 0 Å². The maximum atomic E-state index is 13.1. The smallest absolute Gasteiger partial charge is 0.253 e. The summed E-state index contributed by atoms with van der Waals surface area (Å²) in [6.07, 6.45) is 10.4. The van der Waals surface area contributed by atoms with Gasteiger partial charge in [0, 0.05) is 49.4 Å². The summed E-state index contributed by atoms with van der Waals surface area (Å²) in [6, 6.07) is 18.3.